The summed E-state index contributed by atoms with van der Waals surface area (Å²) in [5, 5.41) is 2.34. The van der Waals surface area contributed by atoms with E-state index in [4.69, 9.17) is 4.84 Å². The predicted molar refractivity (Wildman–Crippen MR) is 110 cm³/mol. The van der Waals surface area contributed by atoms with E-state index >= 15 is 0 Å². The summed E-state index contributed by atoms with van der Waals surface area (Å²) in [6.45, 7) is 12.8. The Balaban J connectivity index is 2.01. The first-order valence-corrected chi connectivity index (χ1v) is 9.31. The molecule has 0 saturated carbocycles. The molecule has 136 valence electrons. The molecule has 0 radical (unpaired) electrons. The van der Waals surface area contributed by atoms with Gasteiger partial charge in [0, 0.05) is 11.1 Å². The van der Waals surface area contributed by atoms with Crippen LogP contribution in [0.1, 0.15) is 54.1 Å². The molecule has 1 atom stereocenters. The van der Waals surface area contributed by atoms with Crippen molar-refractivity contribution in [2.45, 2.75) is 53.9 Å². The van der Waals surface area contributed by atoms with Crippen molar-refractivity contribution in [3.63, 3.8) is 0 Å². The van der Waals surface area contributed by atoms with Crippen LogP contribution in [0.3, 0.4) is 0 Å². The lowest BCUT2D eigenvalue weighted by molar-refractivity contribution is 0.397. The van der Waals surface area contributed by atoms with Gasteiger partial charge in [-0.15, -0.1) is 0 Å². The van der Waals surface area contributed by atoms with Crippen molar-refractivity contribution in [1.82, 2.24) is 4.98 Å². The quantitative estimate of drug-likeness (QED) is 0.543. The van der Waals surface area contributed by atoms with E-state index in [-0.39, 0.29) is 0 Å². The molecule has 0 bridgehead atoms. The van der Waals surface area contributed by atoms with E-state index in [0.717, 1.165) is 40.2 Å². The highest BCUT2D eigenvalue weighted by atomic mass is 16.6. The van der Waals surface area contributed by atoms with Crippen LogP contribution in [0.5, 0.6) is 5.75 Å². The van der Waals surface area contributed by atoms with Crippen LogP contribution >= 0.6 is 0 Å². The van der Waals surface area contributed by atoms with Crippen LogP contribution < -0.4 is 10.3 Å². The third-order valence-corrected chi connectivity index (χ3v) is 5.03. The van der Waals surface area contributed by atoms with Crippen molar-refractivity contribution in [2.75, 3.05) is 5.48 Å². The average Bonchev–Trinajstić information content (AvgIpc) is 2.59. The summed E-state index contributed by atoms with van der Waals surface area (Å²) in [6, 6.07) is 12.9. The smallest absolute Gasteiger partial charge is 0.168 e. The van der Waals surface area contributed by atoms with Crippen molar-refractivity contribution in [3.8, 4) is 5.75 Å². The second-order valence-electron chi connectivity index (χ2n) is 7.30. The molecule has 1 heterocycles. The normalized spacial score (nSPS) is 12.2. The Morgan fingerprint density at radius 2 is 1.69 bits per heavy atom. The number of rotatable bonds is 5. The summed E-state index contributed by atoms with van der Waals surface area (Å²) in [7, 11) is 0. The number of aromatic nitrogens is 1. The molecular weight excluding hydrogens is 320 g/mol. The summed E-state index contributed by atoms with van der Waals surface area (Å²) in [4.78, 5) is 10.7. The van der Waals surface area contributed by atoms with Crippen molar-refractivity contribution in [1.29, 1.82) is 0 Å². The maximum atomic E-state index is 5.99. The Morgan fingerprint density at radius 1 is 1.00 bits per heavy atom. The zero-order chi connectivity index (χ0) is 18.8. The van der Waals surface area contributed by atoms with Gasteiger partial charge in [-0.1, -0.05) is 49.7 Å². The van der Waals surface area contributed by atoms with E-state index < -0.39 is 0 Å². The van der Waals surface area contributed by atoms with Gasteiger partial charge in [-0.3, -0.25) is 0 Å². The Kier molecular flexibility index (Phi) is 5.17. The average molecular weight is 348 g/mol. The summed E-state index contributed by atoms with van der Waals surface area (Å²) >= 11 is 0. The maximum Gasteiger partial charge on any atom is 0.168 e. The largest absolute Gasteiger partial charge is 0.380 e. The molecule has 3 nitrogen and oxygen atoms in total. The molecule has 3 rings (SSSR count). The second-order valence-corrected chi connectivity index (χ2v) is 7.30. The first-order chi connectivity index (χ1) is 12.4. The van der Waals surface area contributed by atoms with Crippen molar-refractivity contribution >= 4 is 16.6 Å². The zero-order valence-electron chi connectivity index (χ0n) is 16.6. The maximum absolute atomic E-state index is 5.99. The molecule has 26 heavy (non-hydrogen) atoms. The topological polar surface area (TPSA) is 34.1 Å². The number of nitrogens with zero attached hydrogens (tertiary/aromatic N) is 1. The molecule has 1 N–H and O–H groups in total. The number of benzene rings is 2. The molecule has 0 aliphatic heterocycles. The molecule has 1 unspecified atom stereocenters. The third-order valence-electron chi connectivity index (χ3n) is 5.03. The van der Waals surface area contributed by atoms with Gasteiger partial charge >= 0.3 is 0 Å². The van der Waals surface area contributed by atoms with Crippen LogP contribution in [-0.2, 0) is 0 Å². The van der Waals surface area contributed by atoms with Gasteiger partial charge in [0.05, 0.1) is 0 Å². The van der Waals surface area contributed by atoms with Crippen LogP contribution in [0, 0.1) is 27.7 Å². The van der Waals surface area contributed by atoms with Crippen LogP contribution in [0.15, 0.2) is 36.4 Å². The van der Waals surface area contributed by atoms with Crippen LogP contribution in [0.25, 0.3) is 10.8 Å². The Labute approximate surface area is 156 Å². The highest BCUT2D eigenvalue weighted by Gasteiger charge is 2.13. The summed E-state index contributed by atoms with van der Waals surface area (Å²) in [5.41, 5.74) is 8.94. The number of hydrogen-bond acceptors (Lipinski definition) is 3. The first-order valence-electron chi connectivity index (χ1n) is 9.31. The van der Waals surface area contributed by atoms with Gasteiger partial charge in [-0.25, -0.2) is 10.5 Å². The Morgan fingerprint density at radius 3 is 2.35 bits per heavy atom. The lowest BCUT2D eigenvalue weighted by Crippen LogP contribution is -2.10. The zero-order valence-corrected chi connectivity index (χ0v) is 16.6. The van der Waals surface area contributed by atoms with Crippen molar-refractivity contribution in [3.05, 3.63) is 64.3 Å². The fraction of sp³-hybridized carbons (Fsp3) is 0.348. The molecule has 0 fully saturated rings. The SMILES string of the molecule is CCC(C)c1cccc2c(NOc3c(C)cc(C)cc3C)nc(C)cc12. The summed E-state index contributed by atoms with van der Waals surface area (Å²) in [6.07, 6.45) is 1.11. The number of pyridine rings is 1. The van der Waals surface area contributed by atoms with E-state index in [0.29, 0.717) is 5.92 Å². The Bertz CT molecular complexity index is 923. The van der Waals surface area contributed by atoms with E-state index in [1.807, 2.05) is 6.92 Å². The third kappa shape index (κ3) is 3.52. The Hall–Kier alpha value is -2.55. The lowest BCUT2D eigenvalue weighted by atomic mass is 9.93. The molecule has 0 amide bonds. The number of hydrogen-bond donors (Lipinski definition) is 1. The molecule has 0 aliphatic carbocycles. The van der Waals surface area contributed by atoms with E-state index in [1.165, 1.54) is 16.5 Å². The van der Waals surface area contributed by atoms with E-state index in [9.17, 15) is 0 Å². The minimum absolute atomic E-state index is 0.510. The van der Waals surface area contributed by atoms with Gasteiger partial charge in [0.1, 0.15) is 0 Å². The molecule has 3 heteroatoms. The number of aryl methyl sites for hydroxylation is 4. The summed E-state index contributed by atoms with van der Waals surface area (Å²) in [5.74, 6) is 2.14. The standard InChI is InChI=1S/C23H28N2O/c1-7-15(3)19-9-8-10-20-21(19)13-18(6)24-23(20)25-26-22-16(4)11-14(2)12-17(22)5/h8-13,15H,7H2,1-6H3,(H,24,25). The fourth-order valence-electron chi connectivity index (χ4n) is 3.58. The van der Waals surface area contributed by atoms with Crippen LogP contribution in [0.4, 0.5) is 5.82 Å². The van der Waals surface area contributed by atoms with Crippen LogP contribution in [-0.4, -0.2) is 4.98 Å². The molecule has 3 aromatic rings. The second kappa shape index (κ2) is 7.36. The highest BCUT2D eigenvalue weighted by molar-refractivity contribution is 5.94. The minimum atomic E-state index is 0.510. The van der Waals surface area contributed by atoms with E-state index in [1.54, 1.807) is 0 Å². The number of nitrogens with one attached hydrogen (secondary N) is 1. The summed E-state index contributed by atoms with van der Waals surface area (Å²) < 4.78 is 0. The molecule has 2 aromatic carbocycles. The van der Waals surface area contributed by atoms with Gasteiger partial charge in [0.2, 0.25) is 0 Å². The molecule has 0 saturated heterocycles. The molecule has 0 aliphatic rings. The molecular formula is C23H28N2O. The van der Waals surface area contributed by atoms with Gasteiger partial charge in [0.25, 0.3) is 0 Å². The lowest BCUT2D eigenvalue weighted by Gasteiger charge is -2.17. The minimum Gasteiger partial charge on any atom is -0.380 e. The predicted octanol–water partition coefficient (Wildman–Crippen LogP) is 6.39. The van der Waals surface area contributed by atoms with Gasteiger partial charge < -0.3 is 4.84 Å². The van der Waals surface area contributed by atoms with Gasteiger partial charge in [-0.2, -0.15) is 0 Å². The van der Waals surface area contributed by atoms with Crippen LogP contribution in [0.2, 0.25) is 0 Å². The number of anilines is 1. The van der Waals surface area contributed by atoms with Gasteiger partial charge in [0.15, 0.2) is 11.6 Å². The highest BCUT2D eigenvalue weighted by Crippen LogP contribution is 2.32. The van der Waals surface area contributed by atoms with E-state index in [2.05, 4.69) is 81.5 Å². The monoisotopic (exact) mass is 348 g/mol. The first kappa shape index (κ1) is 18.2. The molecule has 0 spiro atoms. The number of fused-ring (bicyclic) bond motifs is 1. The van der Waals surface area contributed by atoms with Crippen molar-refractivity contribution < 1.29 is 4.84 Å². The molecule has 1 aromatic heterocycles. The fourth-order valence-corrected chi connectivity index (χ4v) is 3.58. The van der Waals surface area contributed by atoms with Crippen molar-refractivity contribution in [2.24, 2.45) is 0 Å². The van der Waals surface area contributed by atoms with Gasteiger partial charge in [-0.05, 0) is 68.2 Å².